The van der Waals surface area contributed by atoms with E-state index in [1.54, 1.807) is 12.1 Å². The van der Waals surface area contributed by atoms with E-state index in [1.165, 1.54) is 0 Å². The summed E-state index contributed by atoms with van der Waals surface area (Å²) in [5.41, 5.74) is 8.82. The zero-order chi connectivity index (χ0) is 13.8. The monoisotopic (exact) mass is 255 g/mol. The third kappa shape index (κ3) is 2.94. The third-order valence-electron chi connectivity index (χ3n) is 3.06. The van der Waals surface area contributed by atoms with E-state index in [0.29, 0.717) is 12.2 Å². The Balaban J connectivity index is 2.22. The number of amides is 1. The first kappa shape index (κ1) is 13.1. The highest BCUT2D eigenvalue weighted by molar-refractivity contribution is 5.94. The average molecular weight is 255 g/mol. The Bertz CT molecular complexity index is 585. The minimum absolute atomic E-state index is 0.338. The van der Waals surface area contributed by atoms with E-state index < -0.39 is 5.91 Å². The molecule has 2 N–H and O–H groups in total. The standard InChI is InChI=1S/C16H17NO2/c1-11-6-5-7-12(2)15(11)19-10-13-8-3-4-9-14(13)16(17)18/h3-9H,10H2,1-2H3,(H2,17,18). The summed E-state index contributed by atoms with van der Waals surface area (Å²) in [7, 11) is 0. The van der Waals surface area contributed by atoms with Gasteiger partial charge in [-0.2, -0.15) is 0 Å². The zero-order valence-electron chi connectivity index (χ0n) is 11.1. The maximum absolute atomic E-state index is 11.3. The second-order valence-electron chi connectivity index (χ2n) is 4.53. The minimum Gasteiger partial charge on any atom is -0.488 e. The van der Waals surface area contributed by atoms with Gasteiger partial charge in [0.15, 0.2) is 0 Å². The molecule has 0 aliphatic heterocycles. The Morgan fingerprint density at radius 1 is 1.05 bits per heavy atom. The highest BCUT2D eigenvalue weighted by Gasteiger charge is 2.09. The molecule has 19 heavy (non-hydrogen) atoms. The number of carbonyl (C=O) groups is 1. The third-order valence-corrected chi connectivity index (χ3v) is 3.06. The maximum atomic E-state index is 11.3. The number of benzene rings is 2. The number of hydrogen-bond donors (Lipinski definition) is 1. The van der Waals surface area contributed by atoms with Crippen LogP contribution < -0.4 is 10.5 Å². The lowest BCUT2D eigenvalue weighted by molar-refractivity contribution is 0.0998. The number of para-hydroxylation sites is 1. The molecule has 3 heteroatoms. The zero-order valence-corrected chi connectivity index (χ0v) is 11.1. The predicted molar refractivity (Wildman–Crippen MR) is 75.2 cm³/mol. The second-order valence-corrected chi connectivity index (χ2v) is 4.53. The molecule has 0 unspecified atom stereocenters. The molecule has 0 aliphatic rings. The molecule has 0 heterocycles. The molecule has 0 radical (unpaired) electrons. The van der Waals surface area contributed by atoms with Gasteiger partial charge in [0, 0.05) is 11.1 Å². The van der Waals surface area contributed by atoms with Crippen molar-refractivity contribution in [1.29, 1.82) is 0 Å². The summed E-state index contributed by atoms with van der Waals surface area (Å²) in [5, 5.41) is 0. The van der Waals surface area contributed by atoms with Crippen LogP contribution in [0, 0.1) is 13.8 Å². The van der Waals surface area contributed by atoms with Crippen LogP contribution in [0.2, 0.25) is 0 Å². The van der Waals surface area contributed by atoms with Gasteiger partial charge in [0.25, 0.3) is 0 Å². The summed E-state index contributed by atoms with van der Waals surface area (Å²) in [6, 6.07) is 13.2. The van der Waals surface area contributed by atoms with Gasteiger partial charge in [-0.3, -0.25) is 4.79 Å². The van der Waals surface area contributed by atoms with E-state index in [4.69, 9.17) is 10.5 Å². The maximum Gasteiger partial charge on any atom is 0.249 e. The van der Waals surface area contributed by atoms with Crippen LogP contribution in [-0.2, 0) is 6.61 Å². The van der Waals surface area contributed by atoms with Crippen molar-refractivity contribution in [2.75, 3.05) is 0 Å². The van der Waals surface area contributed by atoms with Crippen molar-refractivity contribution in [3.8, 4) is 5.75 Å². The first-order valence-corrected chi connectivity index (χ1v) is 6.16. The van der Waals surface area contributed by atoms with Crippen molar-refractivity contribution < 1.29 is 9.53 Å². The molecule has 2 rings (SSSR count). The Morgan fingerprint density at radius 2 is 1.68 bits per heavy atom. The molecule has 2 aromatic carbocycles. The SMILES string of the molecule is Cc1cccc(C)c1OCc1ccccc1C(N)=O. The van der Waals surface area contributed by atoms with Crippen molar-refractivity contribution in [2.45, 2.75) is 20.5 Å². The van der Waals surface area contributed by atoms with Gasteiger partial charge in [-0.25, -0.2) is 0 Å². The van der Waals surface area contributed by atoms with E-state index >= 15 is 0 Å². The lowest BCUT2D eigenvalue weighted by atomic mass is 10.1. The van der Waals surface area contributed by atoms with Gasteiger partial charge in [-0.1, -0.05) is 36.4 Å². The summed E-state index contributed by atoms with van der Waals surface area (Å²) < 4.78 is 5.84. The number of ether oxygens (including phenoxy) is 1. The van der Waals surface area contributed by atoms with Crippen molar-refractivity contribution in [3.63, 3.8) is 0 Å². The molecule has 0 spiro atoms. The summed E-state index contributed by atoms with van der Waals surface area (Å²) >= 11 is 0. The van der Waals surface area contributed by atoms with Crippen LogP contribution in [0.4, 0.5) is 0 Å². The van der Waals surface area contributed by atoms with Gasteiger partial charge >= 0.3 is 0 Å². The molecule has 0 aliphatic carbocycles. The Kier molecular flexibility index (Phi) is 3.85. The first-order chi connectivity index (χ1) is 9.09. The highest BCUT2D eigenvalue weighted by Crippen LogP contribution is 2.23. The fourth-order valence-corrected chi connectivity index (χ4v) is 2.06. The molecule has 0 aromatic heterocycles. The molecular weight excluding hydrogens is 238 g/mol. The Labute approximate surface area is 113 Å². The van der Waals surface area contributed by atoms with E-state index in [0.717, 1.165) is 22.4 Å². The van der Waals surface area contributed by atoms with Gasteiger partial charge in [0.05, 0.1) is 0 Å². The highest BCUT2D eigenvalue weighted by atomic mass is 16.5. The topological polar surface area (TPSA) is 52.3 Å². The van der Waals surface area contributed by atoms with Crippen molar-refractivity contribution in [2.24, 2.45) is 5.73 Å². The fourth-order valence-electron chi connectivity index (χ4n) is 2.06. The summed E-state index contributed by atoms with van der Waals surface area (Å²) in [6.45, 7) is 4.34. The minimum atomic E-state index is -0.430. The van der Waals surface area contributed by atoms with Gasteiger partial charge < -0.3 is 10.5 Å². The van der Waals surface area contributed by atoms with Crippen LogP contribution in [0.3, 0.4) is 0 Å². The lowest BCUT2D eigenvalue weighted by Crippen LogP contribution is -2.14. The van der Waals surface area contributed by atoms with E-state index in [2.05, 4.69) is 0 Å². The summed E-state index contributed by atoms with van der Waals surface area (Å²) in [6.07, 6.45) is 0. The molecule has 2 aromatic rings. The number of primary amides is 1. The first-order valence-electron chi connectivity index (χ1n) is 6.16. The van der Waals surface area contributed by atoms with Crippen LogP contribution >= 0.6 is 0 Å². The molecule has 1 amide bonds. The second kappa shape index (κ2) is 5.57. The van der Waals surface area contributed by atoms with Crippen LogP contribution in [0.1, 0.15) is 27.0 Å². The molecule has 0 bridgehead atoms. The largest absolute Gasteiger partial charge is 0.488 e. The molecule has 0 saturated carbocycles. The molecule has 98 valence electrons. The Hall–Kier alpha value is -2.29. The van der Waals surface area contributed by atoms with E-state index in [9.17, 15) is 4.79 Å². The van der Waals surface area contributed by atoms with Crippen LogP contribution in [0.5, 0.6) is 5.75 Å². The van der Waals surface area contributed by atoms with Crippen LogP contribution in [-0.4, -0.2) is 5.91 Å². The van der Waals surface area contributed by atoms with E-state index in [-0.39, 0.29) is 0 Å². The van der Waals surface area contributed by atoms with Gasteiger partial charge in [0.2, 0.25) is 5.91 Å². The average Bonchev–Trinajstić information content (AvgIpc) is 2.38. The molecule has 0 fully saturated rings. The molecule has 3 nitrogen and oxygen atoms in total. The van der Waals surface area contributed by atoms with Crippen LogP contribution in [0.15, 0.2) is 42.5 Å². The lowest BCUT2D eigenvalue weighted by Gasteiger charge is -2.13. The smallest absolute Gasteiger partial charge is 0.249 e. The number of aryl methyl sites for hydroxylation is 2. The van der Waals surface area contributed by atoms with Crippen LogP contribution in [0.25, 0.3) is 0 Å². The molecular formula is C16H17NO2. The van der Waals surface area contributed by atoms with Gasteiger partial charge in [-0.15, -0.1) is 0 Å². The number of nitrogens with two attached hydrogens (primary N) is 1. The molecule has 0 saturated heterocycles. The van der Waals surface area contributed by atoms with Crippen molar-refractivity contribution in [1.82, 2.24) is 0 Å². The molecule has 0 atom stereocenters. The fraction of sp³-hybridized carbons (Fsp3) is 0.188. The van der Waals surface area contributed by atoms with Crippen molar-refractivity contribution in [3.05, 3.63) is 64.7 Å². The quantitative estimate of drug-likeness (QED) is 0.913. The van der Waals surface area contributed by atoms with Gasteiger partial charge in [-0.05, 0) is 31.0 Å². The van der Waals surface area contributed by atoms with E-state index in [1.807, 2.05) is 44.2 Å². The normalized spacial score (nSPS) is 10.2. The summed E-state index contributed by atoms with van der Waals surface area (Å²) in [5.74, 6) is 0.433. The Morgan fingerprint density at radius 3 is 2.32 bits per heavy atom. The van der Waals surface area contributed by atoms with Gasteiger partial charge in [0.1, 0.15) is 12.4 Å². The predicted octanol–water partition coefficient (Wildman–Crippen LogP) is 2.98. The summed E-state index contributed by atoms with van der Waals surface area (Å²) in [4.78, 5) is 11.3. The number of rotatable bonds is 4. The van der Waals surface area contributed by atoms with Crippen molar-refractivity contribution >= 4 is 5.91 Å². The number of hydrogen-bond acceptors (Lipinski definition) is 2. The number of carbonyl (C=O) groups excluding carboxylic acids is 1.